The van der Waals surface area contributed by atoms with Gasteiger partial charge in [0.05, 0.1) is 20.4 Å². The molecular weight excluding hydrogens is 417 g/mol. The highest BCUT2D eigenvalue weighted by Crippen LogP contribution is 2.45. The number of alkyl halides is 7. The number of halogens is 8. The molecule has 0 saturated heterocycles. The van der Waals surface area contributed by atoms with Gasteiger partial charge in [0, 0.05) is 10.0 Å². The summed E-state index contributed by atoms with van der Waals surface area (Å²) in [5.74, 6) is -5.87. The van der Waals surface area contributed by atoms with Crippen LogP contribution >= 0.6 is 15.9 Å². The molecule has 24 heavy (non-hydrogen) atoms. The van der Waals surface area contributed by atoms with E-state index >= 15 is 0 Å². The number of hydrogen-bond acceptors (Lipinski definition) is 4. The minimum absolute atomic E-state index is 0.0614. The Morgan fingerprint density at radius 1 is 1.00 bits per heavy atom. The molecule has 136 valence electrons. The summed E-state index contributed by atoms with van der Waals surface area (Å²) in [5.41, 5.74) is 0.582. The highest BCUT2D eigenvalue weighted by Gasteiger charge is 2.73. The monoisotopic (exact) mass is 426 g/mol. The van der Waals surface area contributed by atoms with Gasteiger partial charge in [-0.1, -0.05) is 0 Å². The molecule has 0 unspecified atom stereocenters. The van der Waals surface area contributed by atoms with E-state index in [2.05, 4.69) is 21.0 Å². The van der Waals surface area contributed by atoms with E-state index in [9.17, 15) is 30.7 Å². The van der Waals surface area contributed by atoms with Gasteiger partial charge in [0.15, 0.2) is 11.5 Å². The second kappa shape index (κ2) is 7.03. The quantitative estimate of drug-likeness (QED) is 0.321. The van der Waals surface area contributed by atoms with Crippen LogP contribution in [0, 0.1) is 0 Å². The summed E-state index contributed by atoms with van der Waals surface area (Å²) in [6.07, 6.45) is -5.82. The molecule has 0 heterocycles. The average molecular weight is 427 g/mol. The van der Waals surface area contributed by atoms with Crippen LogP contribution in [0.15, 0.2) is 21.7 Å². The number of nitrogens with zero attached hydrogens (tertiary/aromatic N) is 1. The first kappa shape index (κ1) is 20.3. The third-order valence-corrected chi connectivity index (χ3v) is 3.35. The summed E-state index contributed by atoms with van der Waals surface area (Å²) in [7, 11) is 2.61. The summed E-state index contributed by atoms with van der Waals surface area (Å²) in [4.78, 5) is 0. The maximum atomic E-state index is 13.0. The lowest BCUT2D eigenvalue weighted by Crippen LogP contribution is -2.58. The molecule has 0 aliphatic carbocycles. The van der Waals surface area contributed by atoms with Gasteiger partial charge in [0.1, 0.15) is 0 Å². The number of ether oxygens (including phenoxy) is 2. The van der Waals surface area contributed by atoms with E-state index in [0.717, 1.165) is 0 Å². The number of hydrazone groups is 1. The third kappa shape index (κ3) is 4.02. The minimum atomic E-state index is -6.44. The molecule has 0 atom stereocenters. The molecule has 4 nitrogen and oxygen atoms in total. The summed E-state index contributed by atoms with van der Waals surface area (Å²) in [6, 6.07) is -3.03. The summed E-state index contributed by atoms with van der Waals surface area (Å²) < 4.78 is 97.4. The zero-order chi connectivity index (χ0) is 18.8. The van der Waals surface area contributed by atoms with E-state index in [1.165, 1.54) is 26.4 Å². The van der Waals surface area contributed by atoms with Gasteiger partial charge in [0.25, 0.3) is 0 Å². The number of methoxy groups -OCH3 is 2. The predicted molar refractivity (Wildman–Crippen MR) is 73.9 cm³/mol. The first-order valence-electron chi connectivity index (χ1n) is 5.91. The van der Waals surface area contributed by atoms with Crippen molar-refractivity contribution in [1.29, 1.82) is 0 Å². The van der Waals surface area contributed by atoms with Crippen molar-refractivity contribution in [2.45, 2.75) is 18.1 Å². The van der Waals surface area contributed by atoms with Crippen LogP contribution in [0.2, 0.25) is 0 Å². The van der Waals surface area contributed by atoms with Crippen LogP contribution in [0.4, 0.5) is 30.7 Å². The lowest BCUT2D eigenvalue weighted by molar-refractivity contribution is -0.361. The molecule has 0 spiro atoms. The lowest BCUT2D eigenvalue weighted by atomic mass is 10.2. The molecule has 0 saturated carbocycles. The topological polar surface area (TPSA) is 42.8 Å². The molecule has 0 bridgehead atoms. The van der Waals surface area contributed by atoms with E-state index in [1.807, 2.05) is 0 Å². The van der Waals surface area contributed by atoms with Crippen molar-refractivity contribution in [3.8, 4) is 11.5 Å². The van der Waals surface area contributed by atoms with Gasteiger partial charge < -0.3 is 9.47 Å². The maximum Gasteiger partial charge on any atom is 0.462 e. The third-order valence-electron chi connectivity index (χ3n) is 2.66. The summed E-state index contributed by atoms with van der Waals surface area (Å²) in [5, 5.41) is 2.75. The van der Waals surface area contributed by atoms with Crippen molar-refractivity contribution in [3.05, 3.63) is 22.2 Å². The van der Waals surface area contributed by atoms with Crippen LogP contribution in [0.3, 0.4) is 0 Å². The average Bonchev–Trinajstić information content (AvgIpc) is 2.46. The second-order valence-electron chi connectivity index (χ2n) is 4.25. The van der Waals surface area contributed by atoms with Gasteiger partial charge in [-0.3, -0.25) is 0 Å². The molecule has 0 aliphatic heterocycles. The van der Waals surface area contributed by atoms with Crippen LogP contribution in [-0.4, -0.2) is 38.6 Å². The highest BCUT2D eigenvalue weighted by molar-refractivity contribution is 9.10. The molecule has 1 rings (SSSR count). The molecule has 0 fully saturated rings. The molecule has 0 aliphatic rings. The smallest absolute Gasteiger partial charge is 0.462 e. The number of benzene rings is 1. The second-order valence-corrected chi connectivity index (χ2v) is 5.10. The fourth-order valence-corrected chi connectivity index (χ4v) is 1.82. The molecule has 1 N–H and O–H groups in total. The first-order chi connectivity index (χ1) is 10.9. The molecular formula is C12H10BrF7N2O2. The standard InChI is InChI=1S/C12H10BrF7N2O2/c1-23-8-3-6(7(13)4-9(8)24-2)5-21-22-12(19,20)10(14,15)11(16,17)18/h3-5,22H,1-2H3/b21-5+. The maximum absolute atomic E-state index is 13.0. The van der Waals surface area contributed by atoms with E-state index in [4.69, 9.17) is 9.47 Å². The van der Waals surface area contributed by atoms with Crippen molar-refractivity contribution < 1.29 is 40.2 Å². The minimum Gasteiger partial charge on any atom is -0.493 e. The van der Waals surface area contributed by atoms with Crippen LogP contribution < -0.4 is 14.9 Å². The van der Waals surface area contributed by atoms with Gasteiger partial charge in [-0.25, -0.2) is 5.43 Å². The normalized spacial score (nSPS) is 13.2. The van der Waals surface area contributed by atoms with Gasteiger partial charge in [0.2, 0.25) is 0 Å². The molecule has 0 amide bonds. The van der Waals surface area contributed by atoms with E-state index < -0.39 is 18.1 Å². The van der Waals surface area contributed by atoms with Crippen LogP contribution in [-0.2, 0) is 0 Å². The van der Waals surface area contributed by atoms with Crippen molar-refractivity contribution in [2.75, 3.05) is 14.2 Å². The van der Waals surface area contributed by atoms with E-state index in [-0.39, 0.29) is 21.5 Å². The largest absolute Gasteiger partial charge is 0.493 e. The molecule has 1 aromatic carbocycles. The Labute approximate surface area is 139 Å². The van der Waals surface area contributed by atoms with Gasteiger partial charge in [-0.05, 0) is 28.1 Å². The van der Waals surface area contributed by atoms with E-state index in [1.54, 1.807) is 0 Å². The predicted octanol–water partition coefficient (Wildman–Crippen LogP) is 4.18. The Morgan fingerprint density at radius 3 is 1.96 bits per heavy atom. The fourth-order valence-electron chi connectivity index (χ4n) is 1.40. The Hall–Kier alpha value is -1.72. The first-order valence-corrected chi connectivity index (χ1v) is 6.70. The van der Waals surface area contributed by atoms with Crippen molar-refractivity contribution in [2.24, 2.45) is 5.10 Å². The number of rotatable bonds is 6. The molecule has 1 aromatic rings. The number of hydrogen-bond donors (Lipinski definition) is 1. The lowest BCUT2D eigenvalue weighted by Gasteiger charge is -2.27. The van der Waals surface area contributed by atoms with Crippen molar-refractivity contribution in [3.63, 3.8) is 0 Å². The van der Waals surface area contributed by atoms with Crippen molar-refractivity contribution in [1.82, 2.24) is 5.43 Å². The number of nitrogens with one attached hydrogen (secondary N) is 1. The summed E-state index contributed by atoms with van der Waals surface area (Å²) >= 11 is 3.03. The Kier molecular flexibility index (Phi) is 5.95. The SMILES string of the molecule is COc1cc(Br)c(/C=N/NC(F)(F)C(F)(F)C(F)(F)F)cc1OC. The van der Waals surface area contributed by atoms with Crippen molar-refractivity contribution >= 4 is 22.1 Å². The van der Waals surface area contributed by atoms with Crippen LogP contribution in [0.5, 0.6) is 11.5 Å². The van der Waals surface area contributed by atoms with E-state index in [0.29, 0.717) is 11.6 Å². The molecule has 0 aromatic heterocycles. The van der Waals surface area contributed by atoms with Gasteiger partial charge >= 0.3 is 18.1 Å². The Bertz CT molecular complexity index is 620. The fraction of sp³-hybridized carbons (Fsp3) is 0.417. The highest BCUT2D eigenvalue weighted by atomic mass is 79.9. The molecule has 0 radical (unpaired) electrons. The zero-order valence-corrected chi connectivity index (χ0v) is 13.6. The Morgan fingerprint density at radius 2 is 1.50 bits per heavy atom. The Balaban J connectivity index is 3.03. The van der Waals surface area contributed by atoms with Gasteiger partial charge in [-0.2, -0.15) is 35.8 Å². The zero-order valence-electron chi connectivity index (χ0n) is 12.0. The molecule has 12 heteroatoms. The van der Waals surface area contributed by atoms with Gasteiger partial charge in [-0.15, -0.1) is 0 Å². The van der Waals surface area contributed by atoms with Crippen LogP contribution in [0.25, 0.3) is 0 Å². The summed E-state index contributed by atoms with van der Waals surface area (Å²) in [6.45, 7) is 0. The van der Waals surface area contributed by atoms with Crippen LogP contribution in [0.1, 0.15) is 5.56 Å².